The predicted molar refractivity (Wildman–Crippen MR) is 110 cm³/mol. The first-order valence-corrected chi connectivity index (χ1v) is 10.9. The topological polar surface area (TPSA) is 85.6 Å². The van der Waals surface area contributed by atoms with E-state index < -0.39 is 10.0 Å². The number of hydrogen-bond acceptors (Lipinski definition) is 6. The smallest absolute Gasteiger partial charge is 0.267 e. The molecule has 0 aliphatic carbocycles. The summed E-state index contributed by atoms with van der Waals surface area (Å²) in [4.78, 5) is 4.88. The molecule has 0 unspecified atom stereocenters. The number of hydrogen-bond donors (Lipinski definition) is 1. The molecule has 0 atom stereocenters. The van der Waals surface area contributed by atoms with Gasteiger partial charge in [0.25, 0.3) is 16.0 Å². The minimum absolute atomic E-state index is 0.00868. The highest BCUT2D eigenvalue weighted by Gasteiger charge is 2.22. The number of nitrogens with zero attached hydrogens (tertiary/aromatic N) is 3. The lowest BCUT2D eigenvalue weighted by Gasteiger charge is -2.10. The van der Waals surface area contributed by atoms with Gasteiger partial charge in [-0.05, 0) is 36.8 Å². The minimum atomic E-state index is -3.91. The van der Waals surface area contributed by atoms with Gasteiger partial charge in [-0.15, -0.1) is 16.4 Å². The van der Waals surface area contributed by atoms with Gasteiger partial charge in [0.1, 0.15) is 10.6 Å². The van der Waals surface area contributed by atoms with E-state index in [1.807, 2.05) is 24.4 Å². The summed E-state index contributed by atoms with van der Waals surface area (Å²) in [5, 5.41) is 6.85. The van der Waals surface area contributed by atoms with Gasteiger partial charge >= 0.3 is 0 Å². The Balaban J connectivity index is 1.71. The van der Waals surface area contributed by atoms with Crippen molar-refractivity contribution in [1.82, 2.24) is 14.6 Å². The third-order valence-corrected chi connectivity index (χ3v) is 6.47. The molecule has 0 bridgehead atoms. The Bertz CT molecular complexity index is 1260. The number of aryl methyl sites for hydroxylation is 1. The number of methoxy groups -OCH3 is 1. The van der Waals surface area contributed by atoms with E-state index in [0.717, 1.165) is 16.8 Å². The number of fused-ring (bicyclic) bond motifs is 1. The fourth-order valence-corrected chi connectivity index (χ4v) is 4.86. The number of thiazole rings is 1. The van der Waals surface area contributed by atoms with Crippen LogP contribution in [0.25, 0.3) is 16.2 Å². The lowest BCUT2D eigenvalue weighted by atomic mass is 10.2. The first-order chi connectivity index (χ1) is 13.4. The highest BCUT2D eigenvalue weighted by atomic mass is 35.5. The molecule has 4 aromatic rings. The Morgan fingerprint density at radius 3 is 2.64 bits per heavy atom. The number of ether oxygens (including phenoxy) is 1. The fraction of sp³-hybridized carbons (Fsp3) is 0.111. The molecule has 4 rings (SSSR count). The number of rotatable bonds is 5. The molecule has 0 aliphatic rings. The van der Waals surface area contributed by atoms with E-state index in [9.17, 15) is 8.42 Å². The van der Waals surface area contributed by atoms with Crippen LogP contribution in [-0.4, -0.2) is 30.1 Å². The molecule has 0 saturated heterocycles. The van der Waals surface area contributed by atoms with Crippen LogP contribution in [0.4, 0.5) is 5.95 Å². The summed E-state index contributed by atoms with van der Waals surface area (Å²) in [6.07, 6.45) is 0. The Morgan fingerprint density at radius 2 is 1.93 bits per heavy atom. The lowest BCUT2D eigenvalue weighted by molar-refractivity contribution is 0.402. The van der Waals surface area contributed by atoms with E-state index in [2.05, 4.69) is 14.8 Å². The minimum Gasteiger partial charge on any atom is -0.495 e. The van der Waals surface area contributed by atoms with E-state index in [-0.39, 0.29) is 16.6 Å². The second kappa shape index (κ2) is 7.08. The summed E-state index contributed by atoms with van der Waals surface area (Å²) < 4.78 is 34.9. The molecule has 7 nitrogen and oxygen atoms in total. The van der Waals surface area contributed by atoms with Crippen molar-refractivity contribution in [1.29, 1.82) is 0 Å². The van der Waals surface area contributed by atoms with Crippen molar-refractivity contribution in [2.24, 2.45) is 0 Å². The Labute approximate surface area is 170 Å². The maximum Gasteiger partial charge on any atom is 0.267 e. The second-order valence-corrected chi connectivity index (χ2v) is 8.94. The predicted octanol–water partition coefficient (Wildman–Crippen LogP) is 4.23. The Kier molecular flexibility index (Phi) is 4.74. The molecule has 2 aromatic heterocycles. The maximum absolute atomic E-state index is 12.8. The van der Waals surface area contributed by atoms with E-state index in [1.165, 1.54) is 18.4 Å². The van der Waals surface area contributed by atoms with Gasteiger partial charge in [-0.2, -0.15) is 4.98 Å². The zero-order valence-electron chi connectivity index (χ0n) is 14.9. The van der Waals surface area contributed by atoms with Gasteiger partial charge < -0.3 is 4.74 Å². The SMILES string of the molecule is COc1ccc(C)cc1S(=O)(=O)Nc1nc2scc(-c3ccc(Cl)cc3)n2n1. The number of halogens is 1. The van der Waals surface area contributed by atoms with Crippen LogP contribution in [0, 0.1) is 6.92 Å². The van der Waals surface area contributed by atoms with E-state index >= 15 is 0 Å². The van der Waals surface area contributed by atoms with Crippen LogP contribution in [0.2, 0.25) is 5.02 Å². The van der Waals surface area contributed by atoms with Crippen LogP contribution < -0.4 is 9.46 Å². The van der Waals surface area contributed by atoms with Crippen molar-refractivity contribution in [3.63, 3.8) is 0 Å². The number of anilines is 1. The summed E-state index contributed by atoms with van der Waals surface area (Å²) in [7, 11) is -2.49. The molecule has 0 radical (unpaired) electrons. The maximum atomic E-state index is 12.8. The van der Waals surface area contributed by atoms with Gasteiger partial charge in [-0.3, -0.25) is 0 Å². The summed E-state index contributed by atoms with van der Waals surface area (Å²) in [6, 6.07) is 12.2. The van der Waals surface area contributed by atoms with Gasteiger partial charge in [0, 0.05) is 16.0 Å². The van der Waals surface area contributed by atoms with Gasteiger partial charge in [-0.1, -0.05) is 29.8 Å². The molecule has 0 saturated carbocycles. The van der Waals surface area contributed by atoms with E-state index in [4.69, 9.17) is 16.3 Å². The zero-order valence-corrected chi connectivity index (χ0v) is 17.3. The molecule has 10 heteroatoms. The Morgan fingerprint density at radius 1 is 1.18 bits per heavy atom. The molecule has 0 fully saturated rings. The largest absolute Gasteiger partial charge is 0.495 e. The fourth-order valence-electron chi connectivity index (χ4n) is 2.71. The molecular weight excluding hydrogens is 420 g/mol. The number of nitrogens with one attached hydrogen (secondary N) is 1. The summed E-state index contributed by atoms with van der Waals surface area (Å²) in [6.45, 7) is 1.81. The average molecular weight is 435 g/mol. The van der Waals surface area contributed by atoms with Crippen LogP contribution >= 0.6 is 22.9 Å². The van der Waals surface area contributed by atoms with Gasteiger partial charge in [0.05, 0.1) is 12.8 Å². The van der Waals surface area contributed by atoms with Crippen molar-refractivity contribution in [2.75, 3.05) is 11.8 Å². The van der Waals surface area contributed by atoms with Crippen LogP contribution in [-0.2, 0) is 10.0 Å². The molecule has 0 amide bonds. The van der Waals surface area contributed by atoms with E-state index in [1.54, 1.807) is 34.8 Å². The third kappa shape index (κ3) is 3.44. The van der Waals surface area contributed by atoms with Crippen LogP contribution in [0.1, 0.15) is 5.56 Å². The molecular formula is C18H15ClN4O3S2. The summed E-state index contributed by atoms with van der Waals surface area (Å²) in [5.74, 6) is 0.242. The van der Waals surface area contributed by atoms with E-state index in [0.29, 0.717) is 9.98 Å². The highest BCUT2D eigenvalue weighted by molar-refractivity contribution is 7.92. The molecule has 0 aliphatic heterocycles. The van der Waals surface area contributed by atoms with Crippen molar-refractivity contribution in [3.05, 3.63) is 58.4 Å². The quantitative estimate of drug-likeness (QED) is 0.508. The van der Waals surface area contributed by atoms with Crippen LogP contribution in [0.15, 0.2) is 52.7 Å². The molecule has 28 heavy (non-hydrogen) atoms. The van der Waals surface area contributed by atoms with Crippen molar-refractivity contribution >= 4 is 43.9 Å². The monoisotopic (exact) mass is 434 g/mol. The average Bonchev–Trinajstić information content (AvgIpc) is 3.22. The summed E-state index contributed by atoms with van der Waals surface area (Å²) in [5.41, 5.74) is 2.49. The van der Waals surface area contributed by atoms with Gasteiger partial charge in [0.15, 0.2) is 0 Å². The number of benzene rings is 2. The normalized spacial score (nSPS) is 11.7. The molecule has 0 spiro atoms. The van der Waals surface area contributed by atoms with Crippen molar-refractivity contribution < 1.29 is 13.2 Å². The molecule has 2 aromatic carbocycles. The number of aromatic nitrogens is 3. The number of sulfonamides is 1. The summed E-state index contributed by atoms with van der Waals surface area (Å²) >= 11 is 7.31. The van der Waals surface area contributed by atoms with Crippen LogP contribution in [0.5, 0.6) is 5.75 Å². The third-order valence-electron chi connectivity index (χ3n) is 4.06. The highest BCUT2D eigenvalue weighted by Crippen LogP contribution is 2.29. The first-order valence-electron chi connectivity index (χ1n) is 8.15. The van der Waals surface area contributed by atoms with Crippen molar-refractivity contribution in [3.8, 4) is 17.0 Å². The van der Waals surface area contributed by atoms with Gasteiger partial charge in [-0.25, -0.2) is 17.7 Å². The van der Waals surface area contributed by atoms with Crippen molar-refractivity contribution in [2.45, 2.75) is 11.8 Å². The molecule has 144 valence electrons. The van der Waals surface area contributed by atoms with Gasteiger partial charge in [0.2, 0.25) is 4.96 Å². The lowest BCUT2D eigenvalue weighted by Crippen LogP contribution is -2.15. The standard InChI is InChI=1S/C18H15ClN4O3S2/c1-11-3-8-15(26-2)16(9-11)28(24,25)22-17-20-18-23(21-17)14(10-27-18)12-4-6-13(19)7-5-12/h3-10H,1-2H3,(H,21,22). The first kappa shape index (κ1) is 18.7. The van der Waals surface area contributed by atoms with Crippen LogP contribution in [0.3, 0.4) is 0 Å². The molecule has 1 N–H and O–H groups in total. The Hall–Kier alpha value is -2.62. The zero-order chi connectivity index (χ0) is 19.9. The molecule has 2 heterocycles. The second-order valence-electron chi connectivity index (χ2n) is 6.02.